The maximum atomic E-state index is 7.32. The molecule has 3 aromatic rings. The SMILES string of the molecule is CC.CC#N.Pn1ccc2c(-c3cnn(CC4CCCC4)c3)ncnc21. The van der Waals surface area contributed by atoms with Crippen LogP contribution in [0.5, 0.6) is 0 Å². The highest BCUT2D eigenvalue weighted by Crippen LogP contribution is 2.28. The Labute approximate surface area is 157 Å². The monoisotopic (exact) mass is 370 g/mol. The highest BCUT2D eigenvalue weighted by Gasteiger charge is 2.17. The van der Waals surface area contributed by atoms with Crippen LogP contribution in [-0.4, -0.2) is 24.1 Å². The summed E-state index contributed by atoms with van der Waals surface area (Å²) in [6.07, 6.45) is 13.0. The Bertz CT molecular complexity index is 854. The van der Waals surface area contributed by atoms with Crippen LogP contribution in [0.15, 0.2) is 31.0 Å². The number of hydrogen-bond acceptors (Lipinski definition) is 4. The van der Waals surface area contributed by atoms with Crippen molar-refractivity contribution in [1.82, 2.24) is 24.1 Å². The van der Waals surface area contributed by atoms with Gasteiger partial charge in [0.15, 0.2) is 0 Å². The fourth-order valence-corrected chi connectivity index (χ4v) is 3.54. The predicted octanol–water partition coefficient (Wildman–Crippen LogP) is 4.68. The van der Waals surface area contributed by atoms with Gasteiger partial charge in [0.25, 0.3) is 0 Å². The highest BCUT2D eigenvalue weighted by atomic mass is 31.0. The summed E-state index contributed by atoms with van der Waals surface area (Å²) in [7, 11) is 2.64. The number of nitrogens with zero attached hydrogens (tertiary/aromatic N) is 6. The van der Waals surface area contributed by atoms with Gasteiger partial charge in [-0.1, -0.05) is 26.7 Å². The fourth-order valence-electron chi connectivity index (χ4n) is 3.24. The van der Waals surface area contributed by atoms with E-state index in [4.69, 9.17) is 5.26 Å². The molecule has 0 amide bonds. The van der Waals surface area contributed by atoms with Gasteiger partial charge in [-0.15, -0.1) is 0 Å². The van der Waals surface area contributed by atoms with Gasteiger partial charge in [-0.3, -0.25) is 4.68 Å². The first-order valence-electron chi connectivity index (χ1n) is 9.13. The molecule has 26 heavy (non-hydrogen) atoms. The number of nitriles is 1. The molecule has 4 rings (SSSR count). The van der Waals surface area contributed by atoms with Crippen LogP contribution in [-0.2, 0) is 6.54 Å². The second kappa shape index (κ2) is 10.0. The van der Waals surface area contributed by atoms with Crippen LogP contribution in [0.3, 0.4) is 0 Å². The van der Waals surface area contributed by atoms with Crippen molar-refractivity contribution in [3.8, 4) is 17.3 Å². The maximum absolute atomic E-state index is 7.32. The van der Waals surface area contributed by atoms with Gasteiger partial charge < -0.3 is 4.34 Å². The van der Waals surface area contributed by atoms with E-state index in [0.29, 0.717) is 0 Å². The predicted molar refractivity (Wildman–Crippen MR) is 108 cm³/mol. The van der Waals surface area contributed by atoms with E-state index in [1.807, 2.05) is 36.6 Å². The average molecular weight is 370 g/mol. The topological polar surface area (TPSA) is 72.3 Å². The summed E-state index contributed by atoms with van der Waals surface area (Å²) in [6.45, 7) is 6.46. The molecule has 1 saturated carbocycles. The number of rotatable bonds is 3. The lowest BCUT2D eigenvalue weighted by molar-refractivity contribution is 0.429. The van der Waals surface area contributed by atoms with Crippen molar-refractivity contribution in [3.63, 3.8) is 0 Å². The molecule has 1 aliphatic carbocycles. The average Bonchev–Trinajstić information content (AvgIpc) is 3.40. The number of hydrogen-bond donors (Lipinski definition) is 0. The Morgan fingerprint density at radius 3 is 2.65 bits per heavy atom. The lowest BCUT2D eigenvalue weighted by Crippen LogP contribution is -2.07. The summed E-state index contributed by atoms with van der Waals surface area (Å²) >= 11 is 0. The van der Waals surface area contributed by atoms with Crippen molar-refractivity contribution in [2.45, 2.75) is 53.0 Å². The van der Waals surface area contributed by atoms with Gasteiger partial charge in [0.2, 0.25) is 0 Å². The zero-order valence-electron chi connectivity index (χ0n) is 15.8. The van der Waals surface area contributed by atoms with Gasteiger partial charge in [0.05, 0.1) is 18.0 Å². The summed E-state index contributed by atoms with van der Waals surface area (Å²) < 4.78 is 4.00. The third-order valence-electron chi connectivity index (χ3n) is 4.34. The van der Waals surface area contributed by atoms with Gasteiger partial charge >= 0.3 is 0 Å². The molecule has 138 valence electrons. The molecule has 0 aliphatic heterocycles. The van der Waals surface area contributed by atoms with Crippen molar-refractivity contribution in [3.05, 3.63) is 31.0 Å². The first kappa shape index (κ1) is 20.1. The molecule has 3 aromatic heterocycles. The maximum Gasteiger partial charge on any atom is 0.146 e. The van der Waals surface area contributed by atoms with E-state index in [0.717, 1.165) is 34.8 Å². The van der Waals surface area contributed by atoms with Gasteiger partial charge in [0, 0.05) is 36.8 Å². The van der Waals surface area contributed by atoms with Crippen LogP contribution in [0.2, 0.25) is 0 Å². The Kier molecular flexibility index (Phi) is 7.74. The molecular formula is C19H27N6P. The highest BCUT2D eigenvalue weighted by molar-refractivity contribution is 7.14. The van der Waals surface area contributed by atoms with E-state index in [9.17, 15) is 0 Å². The van der Waals surface area contributed by atoms with Crippen molar-refractivity contribution in [2.75, 3.05) is 0 Å². The number of fused-ring (bicyclic) bond motifs is 1. The Balaban J connectivity index is 0.000000444. The molecule has 0 N–H and O–H groups in total. The molecule has 7 heteroatoms. The Morgan fingerprint density at radius 1 is 1.27 bits per heavy atom. The van der Waals surface area contributed by atoms with Crippen LogP contribution < -0.4 is 0 Å². The lowest BCUT2D eigenvalue weighted by atomic mass is 10.1. The molecule has 0 radical (unpaired) electrons. The van der Waals surface area contributed by atoms with Crippen molar-refractivity contribution >= 4 is 20.4 Å². The third-order valence-corrected chi connectivity index (χ3v) is 4.75. The van der Waals surface area contributed by atoms with Gasteiger partial charge in [-0.2, -0.15) is 10.4 Å². The van der Waals surface area contributed by atoms with E-state index in [1.165, 1.54) is 32.6 Å². The van der Waals surface area contributed by atoms with Gasteiger partial charge in [-0.25, -0.2) is 9.97 Å². The van der Waals surface area contributed by atoms with Crippen LogP contribution in [0.25, 0.3) is 22.3 Å². The Hall–Kier alpha value is -2.25. The molecule has 1 aliphatic rings. The van der Waals surface area contributed by atoms with E-state index in [2.05, 4.69) is 35.3 Å². The van der Waals surface area contributed by atoms with Crippen molar-refractivity contribution in [2.24, 2.45) is 5.92 Å². The summed E-state index contributed by atoms with van der Waals surface area (Å²) in [5, 5.41) is 12.9. The lowest BCUT2D eigenvalue weighted by Gasteiger charge is -2.08. The van der Waals surface area contributed by atoms with E-state index < -0.39 is 0 Å². The summed E-state index contributed by atoms with van der Waals surface area (Å²) in [6, 6.07) is 3.80. The second-order valence-electron chi connectivity index (χ2n) is 6.01. The second-order valence-corrected chi connectivity index (χ2v) is 6.56. The molecule has 1 atom stereocenters. The van der Waals surface area contributed by atoms with E-state index in [1.54, 1.807) is 12.4 Å². The van der Waals surface area contributed by atoms with Crippen LogP contribution in [0.4, 0.5) is 0 Å². The molecule has 3 heterocycles. The summed E-state index contributed by atoms with van der Waals surface area (Å²) in [5.41, 5.74) is 2.95. The van der Waals surface area contributed by atoms with Gasteiger partial charge in [0.1, 0.15) is 12.0 Å². The smallest absolute Gasteiger partial charge is 0.146 e. The van der Waals surface area contributed by atoms with E-state index in [-0.39, 0.29) is 0 Å². The minimum absolute atomic E-state index is 0.788. The van der Waals surface area contributed by atoms with Crippen LogP contribution >= 0.6 is 9.39 Å². The zero-order valence-corrected chi connectivity index (χ0v) is 16.9. The fraction of sp³-hybridized carbons (Fsp3) is 0.474. The van der Waals surface area contributed by atoms with Crippen LogP contribution in [0.1, 0.15) is 46.5 Å². The summed E-state index contributed by atoms with van der Waals surface area (Å²) in [4.78, 5) is 8.77. The minimum atomic E-state index is 0.788. The Morgan fingerprint density at radius 2 is 1.96 bits per heavy atom. The number of aromatic nitrogens is 5. The molecule has 1 fully saturated rings. The standard InChI is InChI=1S/C15H18N5P.C2H3N.C2H6/c21-20-6-5-13-14(16-10-17-15(13)20)12-7-18-19(9-12)8-11-3-1-2-4-11;1-2-3;1-2/h5-7,9-11H,1-4,8,21H2;1H3;1-2H3. The molecule has 1 unspecified atom stereocenters. The molecule has 0 saturated heterocycles. The normalized spacial score (nSPS) is 13.5. The largest absolute Gasteiger partial charge is 0.317 e. The van der Waals surface area contributed by atoms with Crippen molar-refractivity contribution in [1.29, 1.82) is 5.26 Å². The zero-order chi connectivity index (χ0) is 18.9. The molecule has 0 spiro atoms. The first-order valence-corrected chi connectivity index (χ1v) is 9.65. The molecule has 6 nitrogen and oxygen atoms in total. The first-order chi connectivity index (χ1) is 12.7. The third kappa shape index (κ3) is 4.68. The minimum Gasteiger partial charge on any atom is -0.317 e. The van der Waals surface area contributed by atoms with Gasteiger partial charge in [-0.05, 0) is 34.2 Å². The molecular weight excluding hydrogens is 343 g/mol. The molecule has 0 bridgehead atoms. The van der Waals surface area contributed by atoms with E-state index >= 15 is 0 Å². The quantitative estimate of drug-likeness (QED) is 0.628. The summed E-state index contributed by atoms with van der Waals surface area (Å²) in [5.74, 6) is 0.788. The van der Waals surface area contributed by atoms with Crippen LogP contribution in [0, 0.1) is 17.2 Å². The molecule has 0 aromatic carbocycles. The van der Waals surface area contributed by atoms with Crippen molar-refractivity contribution < 1.29 is 0 Å².